The number of anilines is 1. The molecule has 2 saturated heterocycles. The third-order valence-corrected chi connectivity index (χ3v) is 5.58. The van der Waals surface area contributed by atoms with Crippen LogP contribution in [0.25, 0.3) is 0 Å². The molecule has 33 heavy (non-hydrogen) atoms. The maximum Gasteiger partial charge on any atom is 0.412 e. The summed E-state index contributed by atoms with van der Waals surface area (Å²) < 4.78 is 36.7. The molecule has 0 unspecified atom stereocenters. The molecule has 12 nitrogen and oxygen atoms in total. The molecule has 1 aromatic heterocycles. The number of ether oxygens (including phenoxy) is 4. The number of aliphatic hydroxyl groups excluding tert-OH is 3. The lowest BCUT2D eigenvalue weighted by Gasteiger charge is -2.24. The van der Waals surface area contributed by atoms with Crippen LogP contribution in [-0.2, 0) is 18.9 Å². The maximum atomic E-state index is 14.5. The normalized spacial score (nSPS) is 33.9. The standard InChI is InChI=1S/C20H30FN3O9/c1-4-5-6-7-30-20(29)23-16-11(21)8-24(19(28)22-16)17-14(27)15(10(3)31-17)33-18-13(26)12(25)9(2)32-18/h8-10,12-15,17-18,25-27H,4-7H2,1-3H3,(H,22,23,28,29)/t9-,10-,12-,13+,14+,15-,17-,18+/m1/s1. The Kier molecular flexibility index (Phi) is 8.37. The number of aromatic nitrogens is 2. The van der Waals surface area contributed by atoms with Crippen molar-refractivity contribution in [2.75, 3.05) is 11.9 Å². The molecule has 0 spiro atoms. The van der Waals surface area contributed by atoms with Crippen molar-refractivity contribution < 1.29 is 43.5 Å². The van der Waals surface area contributed by atoms with Gasteiger partial charge in [-0.2, -0.15) is 4.98 Å². The minimum Gasteiger partial charge on any atom is -0.449 e. The van der Waals surface area contributed by atoms with Gasteiger partial charge in [-0.1, -0.05) is 19.8 Å². The SMILES string of the molecule is CCCCCOC(=O)Nc1nc(=O)n([C@@H]2O[C@H](C)[C@@H](O[C@@H]3O[C@H](C)[C@@H](O)[C@@H]3O)[C@@H]2O)cc1F. The number of nitrogens with one attached hydrogen (secondary N) is 1. The molecule has 0 radical (unpaired) electrons. The van der Waals surface area contributed by atoms with Crippen molar-refractivity contribution >= 4 is 11.9 Å². The quantitative estimate of drug-likeness (QED) is 0.384. The Hall–Kier alpha value is -2.16. The highest BCUT2D eigenvalue weighted by atomic mass is 19.1. The van der Waals surface area contributed by atoms with E-state index in [0.29, 0.717) is 6.42 Å². The Balaban J connectivity index is 1.67. The van der Waals surface area contributed by atoms with E-state index in [2.05, 4.69) is 10.3 Å². The smallest absolute Gasteiger partial charge is 0.412 e. The molecule has 2 aliphatic heterocycles. The van der Waals surface area contributed by atoms with Crippen LogP contribution in [0.15, 0.2) is 11.0 Å². The number of unbranched alkanes of at least 4 members (excludes halogenated alkanes) is 2. The number of halogens is 1. The molecular weight excluding hydrogens is 445 g/mol. The Morgan fingerprint density at radius 3 is 2.55 bits per heavy atom. The Morgan fingerprint density at radius 2 is 1.91 bits per heavy atom. The van der Waals surface area contributed by atoms with Crippen LogP contribution in [-0.4, -0.2) is 80.5 Å². The zero-order valence-corrected chi connectivity index (χ0v) is 18.6. The number of rotatable bonds is 8. The van der Waals surface area contributed by atoms with Gasteiger partial charge in [0.15, 0.2) is 24.2 Å². The summed E-state index contributed by atoms with van der Waals surface area (Å²) in [5, 5.41) is 32.6. The lowest BCUT2D eigenvalue weighted by molar-refractivity contribution is -0.207. The first-order valence-electron chi connectivity index (χ1n) is 10.9. The second kappa shape index (κ2) is 10.8. The Bertz CT molecular complexity index is 885. The van der Waals surface area contributed by atoms with Gasteiger partial charge in [-0.3, -0.25) is 9.88 Å². The second-order valence-electron chi connectivity index (χ2n) is 8.11. The van der Waals surface area contributed by atoms with Gasteiger partial charge in [-0.25, -0.2) is 14.0 Å². The number of hydrogen-bond donors (Lipinski definition) is 4. The van der Waals surface area contributed by atoms with E-state index in [0.717, 1.165) is 23.6 Å². The molecule has 1 amide bonds. The van der Waals surface area contributed by atoms with Crippen LogP contribution in [0.2, 0.25) is 0 Å². The van der Waals surface area contributed by atoms with Gasteiger partial charge < -0.3 is 34.3 Å². The topological polar surface area (TPSA) is 162 Å². The third-order valence-electron chi connectivity index (χ3n) is 5.58. The predicted octanol–water partition coefficient (Wildman–Crippen LogP) is 0.251. The zero-order chi connectivity index (χ0) is 24.3. The Labute approximate surface area is 189 Å². The van der Waals surface area contributed by atoms with Crippen LogP contribution in [0.1, 0.15) is 46.3 Å². The van der Waals surface area contributed by atoms with E-state index in [-0.39, 0.29) is 6.61 Å². The van der Waals surface area contributed by atoms with Crippen molar-refractivity contribution in [3.05, 3.63) is 22.5 Å². The summed E-state index contributed by atoms with van der Waals surface area (Å²) in [4.78, 5) is 27.8. The molecule has 3 rings (SSSR count). The molecule has 186 valence electrons. The van der Waals surface area contributed by atoms with Gasteiger partial charge in [0, 0.05) is 0 Å². The fourth-order valence-corrected chi connectivity index (χ4v) is 3.68. The van der Waals surface area contributed by atoms with E-state index >= 15 is 0 Å². The molecule has 4 N–H and O–H groups in total. The van der Waals surface area contributed by atoms with Crippen LogP contribution in [0, 0.1) is 5.82 Å². The van der Waals surface area contributed by atoms with Crippen LogP contribution in [0.5, 0.6) is 0 Å². The predicted molar refractivity (Wildman–Crippen MR) is 110 cm³/mol. The van der Waals surface area contributed by atoms with Gasteiger partial charge in [0.1, 0.15) is 24.4 Å². The van der Waals surface area contributed by atoms with Gasteiger partial charge in [-0.15, -0.1) is 0 Å². The van der Waals surface area contributed by atoms with E-state index in [4.69, 9.17) is 18.9 Å². The van der Waals surface area contributed by atoms with Gasteiger partial charge in [-0.05, 0) is 20.3 Å². The van der Waals surface area contributed by atoms with Crippen molar-refractivity contribution in [3.63, 3.8) is 0 Å². The van der Waals surface area contributed by atoms with Crippen LogP contribution in [0.3, 0.4) is 0 Å². The zero-order valence-electron chi connectivity index (χ0n) is 18.6. The molecule has 13 heteroatoms. The molecule has 2 aliphatic rings. The van der Waals surface area contributed by atoms with Gasteiger partial charge in [0.05, 0.1) is 25.0 Å². The number of carbonyl (C=O) groups excluding carboxylic acids is 1. The van der Waals surface area contributed by atoms with E-state index in [1.165, 1.54) is 0 Å². The second-order valence-corrected chi connectivity index (χ2v) is 8.11. The fourth-order valence-electron chi connectivity index (χ4n) is 3.68. The molecule has 3 heterocycles. The molecule has 1 aromatic rings. The molecule has 0 aliphatic carbocycles. The highest BCUT2D eigenvalue weighted by Crippen LogP contribution is 2.33. The summed E-state index contributed by atoms with van der Waals surface area (Å²) >= 11 is 0. The highest BCUT2D eigenvalue weighted by Gasteiger charge is 2.49. The van der Waals surface area contributed by atoms with Crippen molar-refractivity contribution in [2.24, 2.45) is 0 Å². The van der Waals surface area contributed by atoms with Crippen molar-refractivity contribution in [1.29, 1.82) is 0 Å². The summed E-state index contributed by atoms with van der Waals surface area (Å²) in [6.45, 7) is 5.24. The van der Waals surface area contributed by atoms with Crippen LogP contribution >= 0.6 is 0 Å². The fraction of sp³-hybridized carbons (Fsp3) is 0.750. The number of hydrogen-bond acceptors (Lipinski definition) is 10. The first kappa shape index (κ1) is 25.5. The highest BCUT2D eigenvalue weighted by molar-refractivity contribution is 5.83. The largest absolute Gasteiger partial charge is 0.449 e. The summed E-state index contributed by atoms with van der Waals surface area (Å²) in [5.74, 6) is -1.66. The van der Waals surface area contributed by atoms with Crippen LogP contribution in [0.4, 0.5) is 15.0 Å². The minimum atomic E-state index is -1.45. The van der Waals surface area contributed by atoms with Crippen LogP contribution < -0.4 is 11.0 Å². The van der Waals surface area contributed by atoms with Crippen molar-refractivity contribution in [2.45, 2.75) is 89.2 Å². The molecule has 0 aromatic carbocycles. The number of nitrogens with zero attached hydrogens (tertiary/aromatic N) is 2. The van der Waals surface area contributed by atoms with E-state index in [1.807, 2.05) is 6.92 Å². The first-order valence-corrected chi connectivity index (χ1v) is 10.9. The van der Waals surface area contributed by atoms with Gasteiger partial charge in [0.2, 0.25) is 0 Å². The van der Waals surface area contributed by atoms with Gasteiger partial charge in [0.25, 0.3) is 0 Å². The van der Waals surface area contributed by atoms with E-state index in [1.54, 1.807) is 13.8 Å². The van der Waals surface area contributed by atoms with Crippen molar-refractivity contribution in [1.82, 2.24) is 9.55 Å². The average molecular weight is 475 g/mol. The molecule has 8 atom stereocenters. The van der Waals surface area contributed by atoms with E-state index < -0.39 is 72.6 Å². The minimum absolute atomic E-state index is 0.148. The molecule has 0 saturated carbocycles. The first-order chi connectivity index (χ1) is 15.6. The number of amides is 1. The summed E-state index contributed by atoms with van der Waals surface area (Å²) in [6.07, 6.45) is -6.79. The lowest BCUT2D eigenvalue weighted by atomic mass is 10.1. The molecular formula is C20H30FN3O9. The summed E-state index contributed by atoms with van der Waals surface area (Å²) in [5.41, 5.74) is -0.990. The summed E-state index contributed by atoms with van der Waals surface area (Å²) in [6, 6.07) is 0. The number of carbonyl (C=O) groups is 1. The van der Waals surface area contributed by atoms with Crippen molar-refractivity contribution in [3.8, 4) is 0 Å². The van der Waals surface area contributed by atoms with E-state index in [9.17, 15) is 29.3 Å². The number of aliphatic hydroxyl groups is 3. The average Bonchev–Trinajstić information content (AvgIpc) is 3.18. The summed E-state index contributed by atoms with van der Waals surface area (Å²) in [7, 11) is 0. The Morgan fingerprint density at radius 1 is 1.18 bits per heavy atom. The maximum absolute atomic E-state index is 14.5. The molecule has 0 bridgehead atoms. The third kappa shape index (κ3) is 5.67. The molecule has 2 fully saturated rings. The lowest BCUT2D eigenvalue weighted by Crippen LogP contribution is -2.42. The monoisotopic (exact) mass is 475 g/mol. The van der Waals surface area contributed by atoms with Gasteiger partial charge >= 0.3 is 11.8 Å².